The van der Waals surface area contributed by atoms with Crippen molar-refractivity contribution in [1.82, 2.24) is 10.2 Å². The minimum atomic E-state index is -0.174. The van der Waals surface area contributed by atoms with E-state index in [1.54, 1.807) is 14.2 Å². The standard InChI is InChI=1S/C22H28N2O3/c1-15(19-13-17(26-3)10-12-21(19)27-4)23-22(25)14-24(2)20-11-9-16-7-5-6-8-18(16)20/h5-8,10,12-13,15,20H,9,11,14H2,1-4H3,(H,23,25). The number of amides is 1. The second-order valence-corrected chi connectivity index (χ2v) is 7.07. The molecule has 5 nitrogen and oxygen atoms in total. The van der Waals surface area contributed by atoms with E-state index in [1.807, 2.05) is 32.2 Å². The quantitative estimate of drug-likeness (QED) is 0.813. The lowest BCUT2D eigenvalue weighted by molar-refractivity contribution is -0.123. The molecule has 2 atom stereocenters. The molecule has 0 spiro atoms. The van der Waals surface area contributed by atoms with Gasteiger partial charge in [0.25, 0.3) is 0 Å². The summed E-state index contributed by atoms with van der Waals surface area (Å²) >= 11 is 0. The number of aryl methyl sites for hydroxylation is 1. The SMILES string of the molecule is COc1ccc(OC)c(C(C)NC(=O)CN(C)C2CCc3ccccc32)c1. The van der Waals surface area contributed by atoms with Gasteiger partial charge in [0.2, 0.25) is 5.91 Å². The topological polar surface area (TPSA) is 50.8 Å². The highest BCUT2D eigenvalue weighted by atomic mass is 16.5. The van der Waals surface area contributed by atoms with Crippen LogP contribution in [0.2, 0.25) is 0 Å². The van der Waals surface area contributed by atoms with Crippen LogP contribution in [0.25, 0.3) is 0 Å². The number of nitrogens with one attached hydrogen (secondary N) is 1. The Morgan fingerprint density at radius 3 is 2.74 bits per heavy atom. The Morgan fingerprint density at radius 1 is 1.22 bits per heavy atom. The first-order valence-corrected chi connectivity index (χ1v) is 9.32. The van der Waals surface area contributed by atoms with Crippen LogP contribution in [0, 0.1) is 0 Å². The van der Waals surface area contributed by atoms with Crippen LogP contribution in [0.1, 0.15) is 42.1 Å². The summed E-state index contributed by atoms with van der Waals surface area (Å²) in [4.78, 5) is 14.8. The number of benzene rings is 2. The average Bonchev–Trinajstić information content (AvgIpc) is 3.11. The molecule has 0 fully saturated rings. The van der Waals surface area contributed by atoms with Crippen LogP contribution in [-0.4, -0.2) is 38.6 Å². The number of hydrogen-bond acceptors (Lipinski definition) is 4. The van der Waals surface area contributed by atoms with E-state index in [0.717, 1.165) is 29.9 Å². The van der Waals surface area contributed by atoms with Crippen LogP contribution in [0.3, 0.4) is 0 Å². The molecule has 1 aliphatic carbocycles. The Morgan fingerprint density at radius 2 is 2.00 bits per heavy atom. The third-order valence-corrected chi connectivity index (χ3v) is 5.31. The fraction of sp³-hybridized carbons (Fsp3) is 0.409. The van der Waals surface area contributed by atoms with E-state index < -0.39 is 0 Å². The Labute approximate surface area is 161 Å². The molecule has 3 rings (SSSR count). The van der Waals surface area contributed by atoms with Crippen LogP contribution in [0.5, 0.6) is 11.5 Å². The number of rotatable bonds is 7. The molecule has 0 radical (unpaired) electrons. The lowest BCUT2D eigenvalue weighted by atomic mass is 10.1. The van der Waals surface area contributed by atoms with Gasteiger partial charge in [-0.25, -0.2) is 0 Å². The van der Waals surface area contributed by atoms with Gasteiger partial charge in [-0.05, 0) is 56.1 Å². The van der Waals surface area contributed by atoms with Crippen molar-refractivity contribution in [3.05, 3.63) is 59.2 Å². The number of methoxy groups -OCH3 is 2. The molecule has 0 saturated carbocycles. The minimum Gasteiger partial charge on any atom is -0.497 e. The molecule has 5 heteroatoms. The number of nitrogens with zero attached hydrogens (tertiary/aromatic N) is 1. The van der Waals surface area contributed by atoms with Gasteiger partial charge in [-0.3, -0.25) is 9.69 Å². The maximum absolute atomic E-state index is 12.6. The third kappa shape index (κ3) is 4.25. The number of fused-ring (bicyclic) bond motifs is 1. The minimum absolute atomic E-state index is 0.000691. The van der Waals surface area contributed by atoms with Gasteiger partial charge in [-0.2, -0.15) is 0 Å². The summed E-state index contributed by atoms with van der Waals surface area (Å²) < 4.78 is 10.7. The molecule has 0 aliphatic heterocycles. The van der Waals surface area contributed by atoms with Crippen molar-refractivity contribution in [3.63, 3.8) is 0 Å². The smallest absolute Gasteiger partial charge is 0.234 e. The second kappa shape index (κ2) is 8.44. The van der Waals surface area contributed by atoms with Crippen molar-refractivity contribution >= 4 is 5.91 Å². The number of ether oxygens (including phenoxy) is 2. The zero-order valence-corrected chi connectivity index (χ0v) is 16.5. The molecule has 2 unspecified atom stereocenters. The molecule has 27 heavy (non-hydrogen) atoms. The van der Waals surface area contributed by atoms with Crippen molar-refractivity contribution in [2.24, 2.45) is 0 Å². The van der Waals surface area contributed by atoms with E-state index in [1.165, 1.54) is 11.1 Å². The van der Waals surface area contributed by atoms with Crippen molar-refractivity contribution in [1.29, 1.82) is 0 Å². The molecule has 0 heterocycles. The predicted octanol–water partition coefficient (Wildman–Crippen LogP) is 3.50. The zero-order chi connectivity index (χ0) is 19.4. The Hall–Kier alpha value is -2.53. The van der Waals surface area contributed by atoms with Gasteiger partial charge in [0.15, 0.2) is 0 Å². The van der Waals surface area contributed by atoms with Crippen molar-refractivity contribution in [2.45, 2.75) is 31.8 Å². The number of likely N-dealkylation sites (N-methyl/N-ethyl adjacent to an activating group) is 1. The van der Waals surface area contributed by atoms with Crippen molar-refractivity contribution in [3.8, 4) is 11.5 Å². The Kier molecular flexibility index (Phi) is 6.01. The van der Waals surface area contributed by atoms with E-state index in [2.05, 4.69) is 34.5 Å². The summed E-state index contributed by atoms with van der Waals surface area (Å²) in [6.45, 7) is 2.32. The van der Waals surface area contributed by atoms with Crippen molar-refractivity contribution < 1.29 is 14.3 Å². The maximum atomic E-state index is 12.6. The van der Waals surface area contributed by atoms with Gasteiger partial charge in [0.1, 0.15) is 11.5 Å². The third-order valence-electron chi connectivity index (χ3n) is 5.31. The fourth-order valence-electron chi connectivity index (χ4n) is 3.87. The van der Waals surface area contributed by atoms with Crippen LogP contribution in [0.4, 0.5) is 0 Å². The van der Waals surface area contributed by atoms with Crippen molar-refractivity contribution in [2.75, 3.05) is 27.8 Å². The Bertz CT molecular complexity index is 806. The fourth-order valence-corrected chi connectivity index (χ4v) is 3.87. The predicted molar refractivity (Wildman–Crippen MR) is 106 cm³/mol. The first-order valence-electron chi connectivity index (χ1n) is 9.32. The molecule has 2 aromatic rings. The highest BCUT2D eigenvalue weighted by Crippen LogP contribution is 2.34. The maximum Gasteiger partial charge on any atom is 0.234 e. The zero-order valence-electron chi connectivity index (χ0n) is 16.5. The molecule has 0 saturated heterocycles. The molecule has 2 aromatic carbocycles. The summed E-state index contributed by atoms with van der Waals surface area (Å²) in [5, 5.41) is 3.08. The van der Waals surface area contributed by atoms with Gasteiger partial charge in [0, 0.05) is 11.6 Å². The molecule has 144 valence electrons. The van der Waals surface area contributed by atoms with Gasteiger partial charge in [0.05, 0.1) is 26.8 Å². The lowest BCUT2D eigenvalue weighted by Gasteiger charge is -2.26. The normalized spacial score (nSPS) is 16.7. The summed E-state index contributed by atoms with van der Waals surface area (Å²) in [6, 6.07) is 14.2. The van der Waals surface area contributed by atoms with Crippen LogP contribution in [0.15, 0.2) is 42.5 Å². The van der Waals surface area contributed by atoms with Gasteiger partial charge in [-0.15, -0.1) is 0 Å². The molecular weight excluding hydrogens is 340 g/mol. The van der Waals surface area contributed by atoms with E-state index in [9.17, 15) is 4.79 Å². The highest BCUT2D eigenvalue weighted by Gasteiger charge is 2.27. The van der Waals surface area contributed by atoms with Crippen LogP contribution < -0.4 is 14.8 Å². The molecule has 1 N–H and O–H groups in total. The number of hydrogen-bond donors (Lipinski definition) is 1. The summed E-state index contributed by atoms with van der Waals surface area (Å²) in [7, 11) is 5.28. The van der Waals surface area contributed by atoms with Crippen LogP contribution >= 0.6 is 0 Å². The first-order chi connectivity index (χ1) is 13.0. The second-order valence-electron chi connectivity index (χ2n) is 7.07. The molecular formula is C22H28N2O3. The van der Waals surface area contributed by atoms with Gasteiger partial charge < -0.3 is 14.8 Å². The molecule has 0 aromatic heterocycles. The monoisotopic (exact) mass is 368 g/mol. The van der Waals surface area contributed by atoms with E-state index >= 15 is 0 Å². The summed E-state index contributed by atoms with van der Waals surface area (Å²) in [5.41, 5.74) is 3.64. The first kappa shape index (κ1) is 19.2. The number of carbonyl (C=O) groups is 1. The number of carbonyl (C=O) groups excluding carboxylic acids is 1. The van der Waals surface area contributed by atoms with E-state index in [-0.39, 0.29) is 11.9 Å². The molecule has 1 aliphatic rings. The summed E-state index contributed by atoms with van der Waals surface area (Å²) in [6.07, 6.45) is 2.13. The summed E-state index contributed by atoms with van der Waals surface area (Å²) in [5.74, 6) is 1.48. The van der Waals surface area contributed by atoms with E-state index in [0.29, 0.717) is 12.6 Å². The molecule has 1 amide bonds. The average molecular weight is 368 g/mol. The van der Waals surface area contributed by atoms with E-state index in [4.69, 9.17) is 9.47 Å². The van der Waals surface area contributed by atoms with Crippen LogP contribution in [-0.2, 0) is 11.2 Å². The van der Waals surface area contributed by atoms with Gasteiger partial charge in [-0.1, -0.05) is 24.3 Å². The Balaban J connectivity index is 1.64. The lowest BCUT2D eigenvalue weighted by Crippen LogP contribution is -2.37. The highest BCUT2D eigenvalue weighted by molar-refractivity contribution is 5.78. The van der Waals surface area contributed by atoms with Gasteiger partial charge >= 0.3 is 0 Å². The molecule has 0 bridgehead atoms. The largest absolute Gasteiger partial charge is 0.497 e.